The van der Waals surface area contributed by atoms with Crippen molar-refractivity contribution in [2.75, 3.05) is 32.2 Å². The van der Waals surface area contributed by atoms with Crippen LogP contribution >= 0.6 is 0 Å². The van der Waals surface area contributed by atoms with Crippen molar-refractivity contribution < 1.29 is 14.4 Å². The molecule has 0 atom stereocenters. The molecule has 2 rings (SSSR count). The molecule has 0 aliphatic rings. The molecule has 28 heavy (non-hydrogen) atoms. The van der Waals surface area contributed by atoms with Gasteiger partial charge in [0.1, 0.15) is 5.75 Å². The molecule has 0 aliphatic carbocycles. The summed E-state index contributed by atoms with van der Waals surface area (Å²) in [4.78, 5) is 15.0. The highest BCUT2D eigenvalue weighted by molar-refractivity contribution is 5.93. The van der Waals surface area contributed by atoms with Gasteiger partial charge < -0.3 is 20.1 Å². The number of benzene rings is 2. The number of rotatable bonds is 10. The Morgan fingerprint density at radius 1 is 1.18 bits per heavy atom. The average Bonchev–Trinajstić information content (AvgIpc) is 2.70. The first kappa shape index (κ1) is 21.2. The van der Waals surface area contributed by atoms with Crippen molar-refractivity contribution in [2.45, 2.75) is 19.9 Å². The monoisotopic (exact) mass is 386 g/mol. The quantitative estimate of drug-likeness (QED) is 0.213. The summed E-state index contributed by atoms with van der Waals surface area (Å²) < 4.78 is 10.7. The fourth-order valence-electron chi connectivity index (χ4n) is 2.44. The van der Waals surface area contributed by atoms with E-state index in [1.54, 1.807) is 13.2 Å². The minimum atomic E-state index is -0.408. The zero-order chi connectivity index (χ0) is 20.2. The highest BCUT2D eigenvalue weighted by Crippen LogP contribution is 2.18. The van der Waals surface area contributed by atoms with Crippen LogP contribution in [0.1, 0.15) is 18.9 Å². The number of nitrogens with zero attached hydrogens (tertiary/aromatic N) is 2. The Bertz CT molecular complexity index is 795. The maximum Gasteiger partial charge on any atom is 0.269 e. The van der Waals surface area contributed by atoms with Crippen molar-refractivity contribution in [1.82, 2.24) is 5.32 Å². The lowest BCUT2D eigenvalue weighted by atomic mass is 10.2. The molecule has 0 saturated carbocycles. The van der Waals surface area contributed by atoms with Crippen molar-refractivity contribution in [3.05, 3.63) is 64.2 Å². The number of ether oxygens (including phenoxy) is 2. The zero-order valence-corrected chi connectivity index (χ0v) is 16.2. The highest BCUT2D eigenvalue weighted by atomic mass is 16.6. The third-order valence-electron chi connectivity index (χ3n) is 3.74. The molecule has 0 heterocycles. The van der Waals surface area contributed by atoms with Gasteiger partial charge >= 0.3 is 0 Å². The minimum Gasteiger partial charge on any atom is -0.493 e. The molecule has 0 spiro atoms. The van der Waals surface area contributed by atoms with E-state index < -0.39 is 4.92 Å². The number of methoxy groups -OCH3 is 1. The molecule has 0 unspecified atom stereocenters. The summed E-state index contributed by atoms with van der Waals surface area (Å²) in [5.74, 6) is 1.35. The van der Waals surface area contributed by atoms with Gasteiger partial charge in [-0.25, -0.2) is 4.99 Å². The van der Waals surface area contributed by atoms with E-state index in [1.165, 1.54) is 12.1 Å². The van der Waals surface area contributed by atoms with Crippen LogP contribution in [-0.2, 0) is 11.3 Å². The van der Waals surface area contributed by atoms with Crippen molar-refractivity contribution in [3.8, 4) is 5.75 Å². The molecular formula is C20H26N4O4. The van der Waals surface area contributed by atoms with Gasteiger partial charge in [0.15, 0.2) is 5.96 Å². The smallest absolute Gasteiger partial charge is 0.269 e. The van der Waals surface area contributed by atoms with Gasteiger partial charge in [-0.15, -0.1) is 0 Å². The summed E-state index contributed by atoms with van der Waals surface area (Å²) in [6.45, 7) is 4.23. The topological polar surface area (TPSA) is 98.0 Å². The van der Waals surface area contributed by atoms with Gasteiger partial charge in [-0.2, -0.15) is 0 Å². The van der Waals surface area contributed by atoms with Crippen LogP contribution in [0.25, 0.3) is 0 Å². The fourth-order valence-corrected chi connectivity index (χ4v) is 2.44. The molecule has 0 fully saturated rings. The molecule has 0 saturated heterocycles. The summed E-state index contributed by atoms with van der Waals surface area (Å²) in [5, 5.41) is 17.3. The van der Waals surface area contributed by atoms with Crippen molar-refractivity contribution in [3.63, 3.8) is 0 Å². The van der Waals surface area contributed by atoms with Crippen LogP contribution in [0, 0.1) is 10.1 Å². The van der Waals surface area contributed by atoms with Gasteiger partial charge in [-0.05, 0) is 24.6 Å². The van der Waals surface area contributed by atoms with Crippen LogP contribution < -0.4 is 15.4 Å². The molecule has 0 bridgehead atoms. The van der Waals surface area contributed by atoms with Crippen LogP contribution in [-0.4, -0.2) is 37.8 Å². The summed E-state index contributed by atoms with van der Waals surface area (Å²) in [5.41, 5.74) is 1.66. The Hall–Kier alpha value is -3.13. The number of nitro benzene ring substituents is 1. The molecule has 8 heteroatoms. The standard InChI is InChI=1S/C20H26N4O4/c1-3-21-20(22-15-16-7-4-9-18(13-16)24(25)26)23-17-8-5-10-19(14-17)28-12-6-11-27-2/h4-5,7-10,13-14H,3,6,11-12,15H2,1-2H3,(H2,21,22,23). The second kappa shape index (κ2) is 11.6. The highest BCUT2D eigenvalue weighted by Gasteiger charge is 2.06. The second-order valence-electron chi connectivity index (χ2n) is 5.97. The van der Waals surface area contributed by atoms with E-state index >= 15 is 0 Å². The van der Waals surface area contributed by atoms with Crippen molar-refractivity contribution in [1.29, 1.82) is 0 Å². The summed E-state index contributed by atoms with van der Waals surface area (Å²) in [6.07, 6.45) is 0.821. The number of hydrogen-bond acceptors (Lipinski definition) is 5. The summed E-state index contributed by atoms with van der Waals surface area (Å²) in [6, 6.07) is 14.1. The maximum absolute atomic E-state index is 10.9. The largest absolute Gasteiger partial charge is 0.493 e. The Morgan fingerprint density at radius 3 is 2.75 bits per heavy atom. The summed E-state index contributed by atoms with van der Waals surface area (Å²) >= 11 is 0. The summed E-state index contributed by atoms with van der Waals surface area (Å²) in [7, 11) is 1.67. The SMILES string of the molecule is CCNC(=NCc1cccc([N+](=O)[O-])c1)Nc1cccc(OCCCOC)c1. The van der Waals surface area contributed by atoms with Crippen LogP contribution in [0.15, 0.2) is 53.5 Å². The number of anilines is 1. The molecule has 2 N–H and O–H groups in total. The van der Waals surface area contributed by atoms with Crippen LogP contribution in [0.2, 0.25) is 0 Å². The van der Waals surface area contributed by atoms with Gasteiger partial charge in [0, 0.05) is 50.6 Å². The van der Waals surface area contributed by atoms with E-state index in [-0.39, 0.29) is 5.69 Å². The van der Waals surface area contributed by atoms with Gasteiger partial charge in [-0.3, -0.25) is 10.1 Å². The third-order valence-corrected chi connectivity index (χ3v) is 3.74. The average molecular weight is 386 g/mol. The Morgan fingerprint density at radius 2 is 2.00 bits per heavy atom. The normalized spacial score (nSPS) is 11.1. The number of hydrogen-bond donors (Lipinski definition) is 2. The molecule has 8 nitrogen and oxygen atoms in total. The molecule has 0 radical (unpaired) electrons. The van der Waals surface area contributed by atoms with Crippen LogP contribution in [0.5, 0.6) is 5.75 Å². The first-order valence-electron chi connectivity index (χ1n) is 9.13. The van der Waals surface area contributed by atoms with Crippen LogP contribution in [0.4, 0.5) is 11.4 Å². The molecular weight excluding hydrogens is 360 g/mol. The fraction of sp³-hybridized carbons (Fsp3) is 0.350. The predicted octanol–water partition coefficient (Wildman–Crippen LogP) is 3.59. The Balaban J connectivity index is 2.02. The number of non-ortho nitro benzene ring substituents is 1. The number of aliphatic imine (C=N–C) groups is 1. The van der Waals surface area contributed by atoms with E-state index in [4.69, 9.17) is 9.47 Å². The Kier molecular flexibility index (Phi) is 8.74. The molecule has 2 aromatic rings. The first-order valence-corrected chi connectivity index (χ1v) is 9.13. The third kappa shape index (κ3) is 7.24. The predicted molar refractivity (Wildman–Crippen MR) is 110 cm³/mol. The Labute approximate surface area is 164 Å². The maximum atomic E-state index is 10.9. The first-order chi connectivity index (χ1) is 13.6. The van der Waals surface area contributed by atoms with Crippen molar-refractivity contribution in [2.24, 2.45) is 4.99 Å². The second-order valence-corrected chi connectivity index (χ2v) is 5.97. The molecule has 150 valence electrons. The van der Waals surface area contributed by atoms with E-state index in [2.05, 4.69) is 15.6 Å². The zero-order valence-electron chi connectivity index (χ0n) is 16.2. The van der Waals surface area contributed by atoms with Crippen molar-refractivity contribution >= 4 is 17.3 Å². The molecule has 0 amide bonds. The van der Waals surface area contributed by atoms with E-state index in [9.17, 15) is 10.1 Å². The van der Waals surface area contributed by atoms with Gasteiger partial charge in [0.05, 0.1) is 18.1 Å². The van der Waals surface area contributed by atoms with Gasteiger partial charge in [0.25, 0.3) is 5.69 Å². The lowest BCUT2D eigenvalue weighted by molar-refractivity contribution is -0.384. The molecule has 2 aromatic carbocycles. The lowest BCUT2D eigenvalue weighted by Gasteiger charge is -2.13. The minimum absolute atomic E-state index is 0.0592. The van der Waals surface area contributed by atoms with Gasteiger partial charge in [-0.1, -0.05) is 18.2 Å². The van der Waals surface area contributed by atoms with Gasteiger partial charge in [0.2, 0.25) is 0 Å². The molecule has 0 aliphatic heterocycles. The lowest BCUT2D eigenvalue weighted by Crippen LogP contribution is -2.30. The van der Waals surface area contributed by atoms with E-state index in [0.717, 1.165) is 23.4 Å². The van der Waals surface area contributed by atoms with E-state index in [1.807, 2.05) is 37.3 Å². The van der Waals surface area contributed by atoms with E-state index in [0.29, 0.717) is 32.3 Å². The molecule has 0 aromatic heterocycles. The van der Waals surface area contributed by atoms with Crippen LogP contribution in [0.3, 0.4) is 0 Å². The number of guanidine groups is 1. The number of nitrogens with one attached hydrogen (secondary N) is 2. The number of nitro groups is 1.